The van der Waals surface area contributed by atoms with Crippen LogP contribution in [0.15, 0.2) is 47.6 Å². The number of rotatable bonds is 7. The maximum Gasteiger partial charge on any atom is 0.261 e. The SMILES string of the molecule is CC(C)CCNC(=O)c1cncc(NS(=O)(=O)c2ccc(Cl)cc2)c1. The number of nitrogens with zero attached hydrogens (tertiary/aromatic N) is 1. The molecule has 0 aliphatic rings. The first-order valence-electron chi connectivity index (χ1n) is 7.79. The van der Waals surface area contributed by atoms with Gasteiger partial charge in [0.05, 0.1) is 22.3 Å². The average molecular weight is 382 g/mol. The molecule has 0 aliphatic carbocycles. The van der Waals surface area contributed by atoms with Gasteiger partial charge >= 0.3 is 0 Å². The smallest absolute Gasteiger partial charge is 0.261 e. The van der Waals surface area contributed by atoms with Gasteiger partial charge in [0.15, 0.2) is 0 Å². The van der Waals surface area contributed by atoms with Gasteiger partial charge < -0.3 is 5.32 Å². The molecule has 0 unspecified atom stereocenters. The molecule has 1 aromatic heterocycles. The highest BCUT2D eigenvalue weighted by atomic mass is 35.5. The van der Waals surface area contributed by atoms with Crippen molar-refractivity contribution >= 4 is 33.2 Å². The number of amides is 1. The highest BCUT2D eigenvalue weighted by Gasteiger charge is 2.15. The molecule has 0 saturated carbocycles. The van der Waals surface area contributed by atoms with E-state index in [0.717, 1.165) is 6.42 Å². The van der Waals surface area contributed by atoms with Crippen molar-refractivity contribution in [2.24, 2.45) is 5.92 Å². The van der Waals surface area contributed by atoms with E-state index in [-0.39, 0.29) is 16.5 Å². The average Bonchev–Trinajstić information content (AvgIpc) is 2.54. The zero-order valence-corrected chi connectivity index (χ0v) is 15.6. The van der Waals surface area contributed by atoms with Crippen LogP contribution in [0.5, 0.6) is 0 Å². The van der Waals surface area contributed by atoms with Gasteiger partial charge in [0.25, 0.3) is 15.9 Å². The lowest BCUT2D eigenvalue weighted by molar-refractivity contribution is 0.0951. The molecular weight excluding hydrogens is 362 g/mol. The number of halogens is 1. The Balaban J connectivity index is 2.10. The minimum absolute atomic E-state index is 0.0729. The number of nitrogens with one attached hydrogen (secondary N) is 2. The van der Waals surface area contributed by atoms with Crippen molar-refractivity contribution in [2.75, 3.05) is 11.3 Å². The van der Waals surface area contributed by atoms with Gasteiger partial charge in [-0.25, -0.2) is 8.42 Å². The molecule has 1 heterocycles. The van der Waals surface area contributed by atoms with Gasteiger partial charge in [-0.15, -0.1) is 0 Å². The quantitative estimate of drug-likeness (QED) is 0.770. The molecule has 0 fully saturated rings. The second-order valence-electron chi connectivity index (χ2n) is 5.96. The van der Waals surface area contributed by atoms with Crippen LogP contribution >= 0.6 is 11.6 Å². The van der Waals surface area contributed by atoms with Crippen LogP contribution < -0.4 is 10.0 Å². The van der Waals surface area contributed by atoms with Gasteiger partial charge in [-0.3, -0.25) is 14.5 Å². The van der Waals surface area contributed by atoms with Crippen LogP contribution in [0.25, 0.3) is 0 Å². The van der Waals surface area contributed by atoms with E-state index in [0.29, 0.717) is 23.0 Å². The maximum absolute atomic E-state index is 12.4. The van der Waals surface area contributed by atoms with Crippen LogP contribution in [0.3, 0.4) is 0 Å². The topological polar surface area (TPSA) is 88.2 Å². The number of carbonyl (C=O) groups is 1. The number of pyridine rings is 1. The molecule has 1 aromatic carbocycles. The third kappa shape index (κ3) is 5.72. The summed E-state index contributed by atoms with van der Waals surface area (Å²) in [4.78, 5) is 16.1. The van der Waals surface area contributed by atoms with E-state index >= 15 is 0 Å². The summed E-state index contributed by atoms with van der Waals surface area (Å²) in [7, 11) is -3.78. The molecule has 0 spiro atoms. The summed E-state index contributed by atoms with van der Waals surface area (Å²) in [5.74, 6) is 0.191. The van der Waals surface area contributed by atoms with Gasteiger partial charge in [-0.05, 0) is 42.7 Å². The van der Waals surface area contributed by atoms with Gasteiger partial charge in [0, 0.05) is 17.8 Å². The predicted molar refractivity (Wildman–Crippen MR) is 98.3 cm³/mol. The molecule has 0 aliphatic heterocycles. The van der Waals surface area contributed by atoms with Crippen molar-refractivity contribution in [3.05, 3.63) is 53.3 Å². The summed E-state index contributed by atoms with van der Waals surface area (Å²) in [5, 5.41) is 3.23. The predicted octanol–water partition coefficient (Wildman–Crippen LogP) is 3.31. The Morgan fingerprint density at radius 2 is 1.88 bits per heavy atom. The van der Waals surface area contributed by atoms with Crippen LogP contribution in [-0.2, 0) is 10.0 Å². The lowest BCUT2D eigenvalue weighted by Gasteiger charge is -2.10. The Bertz CT molecular complexity index is 836. The first-order chi connectivity index (χ1) is 11.8. The molecule has 1 amide bonds. The van der Waals surface area contributed by atoms with E-state index in [1.54, 1.807) is 0 Å². The zero-order valence-electron chi connectivity index (χ0n) is 14.0. The van der Waals surface area contributed by atoms with Crippen molar-refractivity contribution in [1.82, 2.24) is 10.3 Å². The van der Waals surface area contributed by atoms with Crippen LogP contribution in [0.1, 0.15) is 30.6 Å². The van der Waals surface area contributed by atoms with Gasteiger partial charge in [0.2, 0.25) is 0 Å². The maximum atomic E-state index is 12.4. The fraction of sp³-hybridized carbons (Fsp3) is 0.294. The van der Waals surface area contributed by atoms with E-state index < -0.39 is 10.0 Å². The second-order valence-corrected chi connectivity index (χ2v) is 8.08. The summed E-state index contributed by atoms with van der Waals surface area (Å²) >= 11 is 5.77. The lowest BCUT2D eigenvalue weighted by atomic mass is 10.1. The summed E-state index contributed by atoms with van der Waals surface area (Å²) in [6.07, 6.45) is 3.60. The molecule has 0 atom stereocenters. The van der Waals surface area contributed by atoms with Gasteiger partial charge in [-0.2, -0.15) is 0 Å². The van der Waals surface area contributed by atoms with Crippen LogP contribution in [0, 0.1) is 5.92 Å². The molecule has 25 heavy (non-hydrogen) atoms. The molecule has 0 radical (unpaired) electrons. The van der Waals surface area contributed by atoms with Crippen LogP contribution in [0.2, 0.25) is 5.02 Å². The highest BCUT2D eigenvalue weighted by Crippen LogP contribution is 2.18. The minimum Gasteiger partial charge on any atom is -0.352 e. The van der Waals surface area contributed by atoms with E-state index in [9.17, 15) is 13.2 Å². The fourth-order valence-corrected chi connectivity index (χ4v) is 3.18. The van der Waals surface area contributed by atoms with Gasteiger partial charge in [-0.1, -0.05) is 25.4 Å². The zero-order chi connectivity index (χ0) is 18.4. The largest absolute Gasteiger partial charge is 0.352 e. The van der Waals surface area contributed by atoms with Crippen LogP contribution in [-0.4, -0.2) is 25.9 Å². The molecule has 2 rings (SSSR count). The summed E-state index contributed by atoms with van der Waals surface area (Å²) in [6.45, 7) is 4.69. The third-order valence-electron chi connectivity index (χ3n) is 3.38. The Hall–Kier alpha value is -2.12. The second kappa shape index (κ2) is 8.31. The molecular formula is C17H20ClN3O3S. The Kier molecular flexibility index (Phi) is 6.39. The standard InChI is InChI=1S/C17H20ClN3O3S/c1-12(2)7-8-20-17(22)13-9-15(11-19-10-13)21-25(23,24)16-5-3-14(18)4-6-16/h3-6,9-12,21H,7-8H2,1-2H3,(H,20,22). The molecule has 2 N–H and O–H groups in total. The Labute approximate surface area is 152 Å². The number of carbonyl (C=O) groups excluding carboxylic acids is 1. The van der Waals surface area contributed by atoms with Crippen molar-refractivity contribution < 1.29 is 13.2 Å². The van der Waals surface area contributed by atoms with Gasteiger partial charge in [0.1, 0.15) is 0 Å². The minimum atomic E-state index is -3.78. The first kappa shape index (κ1) is 19.2. The molecule has 0 bridgehead atoms. The number of aromatic nitrogens is 1. The number of anilines is 1. The molecule has 0 saturated heterocycles. The molecule has 6 nitrogen and oxygen atoms in total. The monoisotopic (exact) mass is 381 g/mol. The van der Waals surface area contributed by atoms with E-state index in [2.05, 4.69) is 28.9 Å². The Morgan fingerprint density at radius 3 is 2.52 bits per heavy atom. The van der Waals surface area contributed by atoms with Crippen LogP contribution in [0.4, 0.5) is 5.69 Å². The first-order valence-corrected chi connectivity index (χ1v) is 9.65. The van der Waals surface area contributed by atoms with Crippen molar-refractivity contribution in [2.45, 2.75) is 25.2 Å². The summed E-state index contributed by atoms with van der Waals surface area (Å²) < 4.78 is 27.1. The fourth-order valence-electron chi connectivity index (χ4n) is 2.02. The summed E-state index contributed by atoms with van der Waals surface area (Å²) in [6, 6.07) is 7.24. The number of hydrogen-bond acceptors (Lipinski definition) is 4. The van der Waals surface area contributed by atoms with Crippen molar-refractivity contribution in [3.8, 4) is 0 Å². The van der Waals surface area contributed by atoms with E-state index in [4.69, 9.17) is 11.6 Å². The lowest BCUT2D eigenvalue weighted by Crippen LogP contribution is -2.25. The van der Waals surface area contributed by atoms with Crippen molar-refractivity contribution in [3.63, 3.8) is 0 Å². The van der Waals surface area contributed by atoms with Crippen molar-refractivity contribution in [1.29, 1.82) is 0 Å². The number of benzene rings is 1. The molecule has 134 valence electrons. The summed E-state index contributed by atoms with van der Waals surface area (Å²) in [5.41, 5.74) is 0.506. The highest BCUT2D eigenvalue weighted by molar-refractivity contribution is 7.92. The molecule has 2 aromatic rings. The normalized spacial score (nSPS) is 11.4. The third-order valence-corrected chi connectivity index (χ3v) is 5.03. The Morgan fingerprint density at radius 1 is 1.20 bits per heavy atom. The van der Waals surface area contributed by atoms with E-state index in [1.165, 1.54) is 42.7 Å². The number of sulfonamides is 1. The van der Waals surface area contributed by atoms with E-state index in [1.807, 2.05) is 0 Å². The molecule has 8 heteroatoms. The number of hydrogen-bond donors (Lipinski definition) is 2.